The van der Waals surface area contributed by atoms with Gasteiger partial charge in [-0.15, -0.1) is 0 Å². The van der Waals surface area contributed by atoms with Crippen molar-refractivity contribution in [3.05, 3.63) is 0 Å². The van der Waals surface area contributed by atoms with Crippen LogP contribution in [0.2, 0.25) is 0 Å². The number of rotatable bonds is 0. The van der Waals surface area contributed by atoms with Gasteiger partial charge in [-0.3, -0.25) is 4.79 Å². The van der Waals surface area contributed by atoms with Crippen molar-refractivity contribution >= 4 is 5.91 Å². The molecule has 1 heterocycles. The molecule has 3 N–H and O–H groups in total. The first-order chi connectivity index (χ1) is 7.91. The third-order valence-corrected chi connectivity index (χ3v) is 3.90. The average molecular weight is 240 g/mol. The maximum atomic E-state index is 10.2. The molecule has 2 atom stereocenters. The molecule has 100 valence electrons. The number of amides is 1. The number of piperidine rings is 1. The number of carbonyl (C=O) groups is 1. The van der Waals surface area contributed by atoms with Crippen LogP contribution >= 0.6 is 0 Å². The molecule has 17 heavy (non-hydrogen) atoms. The van der Waals surface area contributed by atoms with Gasteiger partial charge in [0.15, 0.2) is 0 Å². The van der Waals surface area contributed by atoms with Crippen LogP contribution in [0.5, 0.6) is 0 Å². The van der Waals surface area contributed by atoms with Crippen molar-refractivity contribution in [3.63, 3.8) is 0 Å². The van der Waals surface area contributed by atoms with Crippen LogP contribution in [0.25, 0.3) is 0 Å². The maximum absolute atomic E-state index is 10.2. The van der Waals surface area contributed by atoms with Crippen LogP contribution in [0.3, 0.4) is 0 Å². The minimum absolute atomic E-state index is 0.257. The lowest BCUT2D eigenvalue weighted by Crippen LogP contribution is -2.38. The second-order valence-corrected chi connectivity index (χ2v) is 6.41. The van der Waals surface area contributed by atoms with Gasteiger partial charge in [0, 0.05) is 5.41 Å². The Kier molecular flexibility index (Phi) is 5.44. The monoisotopic (exact) mass is 240 g/mol. The van der Waals surface area contributed by atoms with Gasteiger partial charge in [-0.05, 0) is 37.8 Å². The number of nitrogens with two attached hydrogens (primary N) is 1. The maximum Gasteiger partial charge on any atom is 0.222 e. The smallest absolute Gasteiger partial charge is 0.222 e. The summed E-state index contributed by atoms with van der Waals surface area (Å²) in [5, 5.41) is 3.48. The molecule has 0 aromatic carbocycles. The van der Waals surface area contributed by atoms with Gasteiger partial charge >= 0.3 is 0 Å². The molecule has 0 unspecified atom stereocenters. The van der Waals surface area contributed by atoms with Crippen LogP contribution in [0.15, 0.2) is 0 Å². The molecule has 0 radical (unpaired) electrons. The minimum atomic E-state index is -0.361. The third-order valence-electron chi connectivity index (χ3n) is 3.90. The zero-order chi connectivity index (χ0) is 12.9. The van der Waals surface area contributed by atoms with Crippen molar-refractivity contribution < 1.29 is 4.79 Å². The van der Waals surface area contributed by atoms with Gasteiger partial charge in [0.2, 0.25) is 5.91 Å². The first-order valence-electron chi connectivity index (χ1n) is 6.92. The Labute approximate surface area is 106 Å². The number of fused-ring (bicyclic) bond motifs is 1. The summed E-state index contributed by atoms with van der Waals surface area (Å²) in [6, 6.07) is 0. The molecule has 1 amide bonds. The number of primary amides is 1. The Hall–Kier alpha value is -0.570. The van der Waals surface area contributed by atoms with Gasteiger partial charge < -0.3 is 11.1 Å². The molecule has 1 saturated heterocycles. The summed E-state index contributed by atoms with van der Waals surface area (Å²) in [5.41, 5.74) is 4.57. The van der Waals surface area contributed by atoms with Crippen LogP contribution in [-0.4, -0.2) is 19.0 Å². The van der Waals surface area contributed by atoms with Gasteiger partial charge in [0.05, 0.1) is 0 Å². The van der Waals surface area contributed by atoms with E-state index in [0.717, 1.165) is 11.8 Å². The fraction of sp³-hybridized carbons (Fsp3) is 0.929. The highest BCUT2D eigenvalue weighted by atomic mass is 16.1. The van der Waals surface area contributed by atoms with Crippen molar-refractivity contribution in [2.24, 2.45) is 23.0 Å². The summed E-state index contributed by atoms with van der Waals surface area (Å²) in [7, 11) is 0. The van der Waals surface area contributed by atoms with E-state index in [-0.39, 0.29) is 11.3 Å². The van der Waals surface area contributed by atoms with E-state index < -0.39 is 0 Å². The highest BCUT2D eigenvalue weighted by Crippen LogP contribution is 2.33. The number of nitrogens with one attached hydrogen (secondary N) is 1. The molecule has 1 aliphatic heterocycles. The topological polar surface area (TPSA) is 55.1 Å². The predicted molar refractivity (Wildman–Crippen MR) is 71.6 cm³/mol. The summed E-state index contributed by atoms with van der Waals surface area (Å²) in [6.45, 7) is 7.95. The standard InChI is InChI=1S/C9H17N.C5H11NO/c1-2-4-9-7-10-6-5-8(9)3-1;1-5(2,3)4(6)7/h8-10H,1-7H2;1-3H3,(H2,6,7)/t8-,9+;/m0./s1. The van der Waals surface area contributed by atoms with Crippen LogP contribution in [0, 0.1) is 17.3 Å². The van der Waals surface area contributed by atoms with Gasteiger partial charge in [0.1, 0.15) is 0 Å². The zero-order valence-corrected chi connectivity index (χ0v) is 11.6. The molecule has 3 heteroatoms. The normalized spacial score (nSPS) is 28.6. The van der Waals surface area contributed by atoms with Crippen molar-refractivity contribution in [1.82, 2.24) is 5.32 Å². The van der Waals surface area contributed by atoms with E-state index in [2.05, 4.69) is 5.32 Å². The van der Waals surface area contributed by atoms with E-state index in [1.165, 1.54) is 45.2 Å². The number of carbonyl (C=O) groups excluding carboxylic acids is 1. The fourth-order valence-corrected chi connectivity index (χ4v) is 2.51. The van der Waals surface area contributed by atoms with Crippen molar-refractivity contribution in [2.45, 2.75) is 52.9 Å². The van der Waals surface area contributed by atoms with Gasteiger partial charge in [-0.25, -0.2) is 0 Å². The number of hydrogen-bond acceptors (Lipinski definition) is 2. The van der Waals surface area contributed by atoms with Gasteiger partial charge in [-0.1, -0.05) is 40.0 Å². The van der Waals surface area contributed by atoms with Crippen LogP contribution < -0.4 is 11.1 Å². The molecule has 0 bridgehead atoms. The van der Waals surface area contributed by atoms with E-state index in [1.807, 2.05) is 0 Å². The first kappa shape index (κ1) is 14.5. The fourth-order valence-electron chi connectivity index (χ4n) is 2.51. The average Bonchev–Trinajstić information content (AvgIpc) is 2.29. The molecular weight excluding hydrogens is 212 g/mol. The molecule has 1 saturated carbocycles. The second-order valence-electron chi connectivity index (χ2n) is 6.41. The van der Waals surface area contributed by atoms with E-state index >= 15 is 0 Å². The predicted octanol–water partition coefficient (Wildman–Crippen LogP) is 2.30. The molecule has 0 spiro atoms. The van der Waals surface area contributed by atoms with Crippen molar-refractivity contribution in [1.29, 1.82) is 0 Å². The highest BCUT2D eigenvalue weighted by Gasteiger charge is 2.26. The SMILES string of the molecule is C1CC[C@@H]2CNCC[C@@H]2C1.CC(C)(C)C(N)=O. The summed E-state index contributed by atoms with van der Waals surface area (Å²) in [5.74, 6) is 1.88. The Morgan fingerprint density at radius 3 is 2.12 bits per heavy atom. The van der Waals surface area contributed by atoms with Crippen molar-refractivity contribution in [3.8, 4) is 0 Å². The summed E-state index contributed by atoms with van der Waals surface area (Å²) >= 11 is 0. The Morgan fingerprint density at radius 1 is 1.12 bits per heavy atom. The van der Waals surface area contributed by atoms with Crippen LogP contribution in [0.4, 0.5) is 0 Å². The molecule has 3 nitrogen and oxygen atoms in total. The quantitative estimate of drug-likeness (QED) is 0.682. The van der Waals surface area contributed by atoms with Crippen LogP contribution in [-0.2, 0) is 4.79 Å². The molecule has 2 rings (SSSR count). The Bertz CT molecular complexity index is 219. The highest BCUT2D eigenvalue weighted by molar-refractivity contribution is 5.79. The Morgan fingerprint density at radius 2 is 1.65 bits per heavy atom. The second kappa shape index (κ2) is 6.39. The number of hydrogen-bond donors (Lipinski definition) is 2. The summed E-state index contributed by atoms with van der Waals surface area (Å²) in [6.07, 6.45) is 7.46. The lowest BCUT2D eigenvalue weighted by molar-refractivity contribution is -0.125. The van der Waals surface area contributed by atoms with Crippen molar-refractivity contribution in [2.75, 3.05) is 13.1 Å². The van der Waals surface area contributed by atoms with Crippen LogP contribution in [0.1, 0.15) is 52.9 Å². The molecule has 1 aliphatic carbocycles. The summed E-state index contributed by atoms with van der Waals surface area (Å²) < 4.78 is 0. The molecule has 0 aromatic rings. The van der Waals surface area contributed by atoms with E-state index in [1.54, 1.807) is 20.8 Å². The molecule has 2 aliphatic rings. The lowest BCUT2D eigenvalue weighted by atomic mass is 9.76. The molecule has 2 fully saturated rings. The lowest BCUT2D eigenvalue weighted by Gasteiger charge is -2.35. The summed E-state index contributed by atoms with van der Waals surface area (Å²) in [4.78, 5) is 10.2. The Balaban J connectivity index is 0.000000185. The van der Waals surface area contributed by atoms with E-state index in [0.29, 0.717) is 0 Å². The minimum Gasteiger partial charge on any atom is -0.369 e. The molecule has 0 aromatic heterocycles. The van der Waals surface area contributed by atoms with E-state index in [9.17, 15) is 4.79 Å². The van der Waals surface area contributed by atoms with Gasteiger partial charge in [-0.2, -0.15) is 0 Å². The van der Waals surface area contributed by atoms with E-state index in [4.69, 9.17) is 5.73 Å². The first-order valence-corrected chi connectivity index (χ1v) is 6.92. The molecular formula is C14H28N2O. The zero-order valence-electron chi connectivity index (χ0n) is 11.6. The third kappa shape index (κ3) is 5.07. The largest absolute Gasteiger partial charge is 0.369 e. The van der Waals surface area contributed by atoms with Gasteiger partial charge in [0.25, 0.3) is 0 Å².